The van der Waals surface area contributed by atoms with Crippen LogP contribution in [0.4, 0.5) is 0 Å². The minimum absolute atomic E-state index is 0.0673. The Morgan fingerprint density at radius 1 is 1.37 bits per heavy atom. The monoisotopic (exact) mass is 391 g/mol. The van der Waals surface area contributed by atoms with Crippen molar-refractivity contribution in [3.05, 3.63) is 15.6 Å². The molecule has 1 aromatic heterocycles. The Morgan fingerprint density at radius 3 is 2.93 bits per heavy atom. The summed E-state index contributed by atoms with van der Waals surface area (Å²) >= 11 is 1.91. The van der Waals surface area contributed by atoms with Gasteiger partial charge >= 0.3 is 0 Å². The van der Waals surface area contributed by atoms with Crippen LogP contribution in [-0.2, 0) is 24.1 Å². The van der Waals surface area contributed by atoms with Crippen LogP contribution in [0.1, 0.15) is 55.1 Å². The number of rotatable bonds is 6. The maximum atomic E-state index is 12.1. The normalized spacial score (nSPS) is 20.1. The molecule has 3 rings (SSSR count). The lowest BCUT2D eigenvalue weighted by molar-refractivity contribution is -0.133. The fourth-order valence-electron chi connectivity index (χ4n) is 3.79. The van der Waals surface area contributed by atoms with Gasteiger partial charge < -0.3 is 15.5 Å². The van der Waals surface area contributed by atoms with E-state index in [1.807, 2.05) is 30.1 Å². The Hall–Kier alpha value is -1.63. The van der Waals surface area contributed by atoms with Crippen LogP contribution in [0.2, 0.25) is 0 Å². The molecule has 0 spiro atoms. The van der Waals surface area contributed by atoms with Crippen molar-refractivity contribution in [3.63, 3.8) is 0 Å². The molecular formula is C20H33N5OS. The van der Waals surface area contributed by atoms with Crippen molar-refractivity contribution >= 4 is 23.2 Å². The average molecular weight is 392 g/mol. The van der Waals surface area contributed by atoms with E-state index in [9.17, 15) is 4.79 Å². The Kier molecular flexibility index (Phi) is 7.10. The van der Waals surface area contributed by atoms with Gasteiger partial charge in [-0.2, -0.15) is 0 Å². The van der Waals surface area contributed by atoms with Crippen LogP contribution >= 0.6 is 11.3 Å². The highest BCUT2D eigenvalue weighted by Gasteiger charge is 2.27. The molecule has 27 heavy (non-hydrogen) atoms. The Balaban J connectivity index is 1.37. The molecule has 1 saturated heterocycles. The lowest BCUT2D eigenvalue weighted by atomic mass is 10.0. The van der Waals surface area contributed by atoms with Crippen LogP contribution < -0.4 is 10.6 Å². The molecule has 0 bridgehead atoms. The lowest BCUT2D eigenvalue weighted by Gasteiger charge is -2.20. The Labute approximate surface area is 166 Å². The largest absolute Gasteiger partial charge is 0.356 e. The molecule has 2 N–H and O–H groups in total. The zero-order valence-electron chi connectivity index (χ0n) is 16.9. The Bertz CT molecular complexity index is 646. The molecule has 0 aromatic carbocycles. The second-order valence-electron chi connectivity index (χ2n) is 7.86. The van der Waals surface area contributed by atoms with E-state index in [0.29, 0.717) is 0 Å². The number of aliphatic imine (C=N–C) groups is 1. The minimum atomic E-state index is 0.0673. The molecule has 1 aliphatic heterocycles. The standard InChI is InChI=1S/C20H33N5OS/c1-14(2)19(26)25-12-10-15(13-25)23-20(21-3)22-11-6-9-18-24-16-7-4-5-8-17(16)27-18/h14-15H,4-13H2,1-3H3,(H2,21,22,23). The highest BCUT2D eigenvalue weighted by Crippen LogP contribution is 2.27. The number of likely N-dealkylation sites (tertiary alicyclic amines) is 1. The number of aryl methyl sites for hydroxylation is 3. The van der Waals surface area contributed by atoms with Crippen molar-refractivity contribution in [2.24, 2.45) is 10.9 Å². The van der Waals surface area contributed by atoms with Gasteiger partial charge in [0.1, 0.15) is 0 Å². The van der Waals surface area contributed by atoms with Gasteiger partial charge in [-0.3, -0.25) is 9.79 Å². The van der Waals surface area contributed by atoms with Crippen molar-refractivity contribution in [2.75, 3.05) is 26.7 Å². The topological polar surface area (TPSA) is 69.6 Å². The molecule has 2 aliphatic rings. The number of thiazole rings is 1. The van der Waals surface area contributed by atoms with Crippen molar-refractivity contribution in [1.82, 2.24) is 20.5 Å². The summed E-state index contributed by atoms with van der Waals surface area (Å²) in [5.74, 6) is 1.14. The number of amides is 1. The predicted octanol–water partition coefficient (Wildman–Crippen LogP) is 2.38. The van der Waals surface area contributed by atoms with Gasteiger partial charge in [0.2, 0.25) is 5.91 Å². The van der Waals surface area contributed by atoms with Gasteiger partial charge in [0.15, 0.2) is 5.96 Å². The fourth-order valence-corrected chi connectivity index (χ4v) is 4.99. The molecular weight excluding hydrogens is 358 g/mol. The first-order valence-electron chi connectivity index (χ1n) is 10.3. The summed E-state index contributed by atoms with van der Waals surface area (Å²) in [4.78, 5) is 24.7. The van der Waals surface area contributed by atoms with Crippen molar-refractivity contribution in [3.8, 4) is 0 Å². The molecule has 1 unspecified atom stereocenters. The SMILES string of the molecule is CN=C(NCCCc1nc2c(s1)CCCC2)NC1CCN(C(=O)C(C)C)C1. The first-order valence-corrected chi connectivity index (χ1v) is 11.1. The molecule has 1 atom stereocenters. The number of hydrogen-bond acceptors (Lipinski definition) is 4. The van der Waals surface area contributed by atoms with Crippen LogP contribution in [-0.4, -0.2) is 54.5 Å². The molecule has 2 heterocycles. The quantitative estimate of drug-likeness (QED) is 0.444. The van der Waals surface area contributed by atoms with E-state index in [4.69, 9.17) is 4.98 Å². The molecule has 1 aromatic rings. The van der Waals surface area contributed by atoms with Crippen LogP contribution in [0.15, 0.2) is 4.99 Å². The van der Waals surface area contributed by atoms with E-state index in [1.165, 1.54) is 41.3 Å². The summed E-state index contributed by atoms with van der Waals surface area (Å²) in [6, 6.07) is 0.282. The predicted molar refractivity (Wildman–Crippen MR) is 111 cm³/mol. The third-order valence-electron chi connectivity index (χ3n) is 5.31. The zero-order valence-corrected chi connectivity index (χ0v) is 17.7. The van der Waals surface area contributed by atoms with Gasteiger partial charge in [0.25, 0.3) is 0 Å². The highest BCUT2D eigenvalue weighted by atomic mass is 32.1. The minimum Gasteiger partial charge on any atom is -0.356 e. The van der Waals surface area contributed by atoms with E-state index < -0.39 is 0 Å². The molecule has 0 radical (unpaired) electrons. The van der Waals surface area contributed by atoms with E-state index >= 15 is 0 Å². The number of nitrogens with one attached hydrogen (secondary N) is 2. The fraction of sp³-hybridized carbons (Fsp3) is 0.750. The van der Waals surface area contributed by atoms with Crippen molar-refractivity contribution in [1.29, 1.82) is 0 Å². The summed E-state index contributed by atoms with van der Waals surface area (Å²) in [6.07, 6.45) is 8.06. The number of nitrogens with zero attached hydrogens (tertiary/aromatic N) is 3. The third kappa shape index (κ3) is 5.43. The number of aromatic nitrogens is 1. The summed E-state index contributed by atoms with van der Waals surface area (Å²) in [7, 11) is 1.80. The van der Waals surface area contributed by atoms with Gasteiger partial charge in [0.05, 0.1) is 10.7 Å². The lowest BCUT2D eigenvalue weighted by Crippen LogP contribution is -2.45. The summed E-state index contributed by atoms with van der Waals surface area (Å²) in [6.45, 7) is 6.40. The molecule has 1 fully saturated rings. The average Bonchev–Trinajstić information content (AvgIpc) is 3.29. The van der Waals surface area contributed by atoms with Crippen LogP contribution in [0.5, 0.6) is 0 Å². The van der Waals surface area contributed by atoms with E-state index in [-0.39, 0.29) is 17.9 Å². The van der Waals surface area contributed by atoms with Crippen molar-refractivity contribution in [2.45, 2.75) is 64.8 Å². The molecule has 150 valence electrons. The molecule has 1 aliphatic carbocycles. The number of hydrogen-bond donors (Lipinski definition) is 2. The summed E-state index contributed by atoms with van der Waals surface area (Å²) < 4.78 is 0. The molecule has 6 nitrogen and oxygen atoms in total. The van der Waals surface area contributed by atoms with Crippen LogP contribution in [0.25, 0.3) is 0 Å². The van der Waals surface area contributed by atoms with Gasteiger partial charge in [-0.15, -0.1) is 11.3 Å². The van der Waals surface area contributed by atoms with Crippen LogP contribution in [0.3, 0.4) is 0 Å². The second-order valence-corrected chi connectivity index (χ2v) is 9.02. The summed E-state index contributed by atoms with van der Waals surface area (Å²) in [5, 5.41) is 8.15. The number of carbonyl (C=O) groups is 1. The van der Waals surface area contributed by atoms with Crippen LogP contribution in [0, 0.1) is 5.92 Å². The van der Waals surface area contributed by atoms with E-state index in [1.54, 1.807) is 7.05 Å². The second kappa shape index (κ2) is 9.53. The molecule has 1 amide bonds. The molecule has 0 saturated carbocycles. The smallest absolute Gasteiger partial charge is 0.225 e. The highest BCUT2D eigenvalue weighted by molar-refractivity contribution is 7.11. The Morgan fingerprint density at radius 2 is 2.19 bits per heavy atom. The first-order chi connectivity index (χ1) is 13.1. The number of carbonyl (C=O) groups excluding carboxylic acids is 1. The summed E-state index contributed by atoms with van der Waals surface area (Å²) in [5.41, 5.74) is 1.36. The van der Waals surface area contributed by atoms with Gasteiger partial charge in [-0.25, -0.2) is 4.98 Å². The van der Waals surface area contributed by atoms with E-state index in [0.717, 1.165) is 44.9 Å². The van der Waals surface area contributed by atoms with Crippen molar-refractivity contribution < 1.29 is 4.79 Å². The number of fused-ring (bicyclic) bond motifs is 1. The van der Waals surface area contributed by atoms with Gasteiger partial charge in [-0.1, -0.05) is 13.8 Å². The maximum absolute atomic E-state index is 12.1. The van der Waals surface area contributed by atoms with E-state index in [2.05, 4.69) is 15.6 Å². The maximum Gasteiger partial charge on any atom is 0.225 e. The van der Waals surface area contributed by atoms with Gasteiger partial charge in [0, 0.05) is 49.9 Å². The zero-order chi connectivity index (χ0) is 19.2. The third-order valence-corrected chi connectivity index (χ3v) is 6.53. The number of guanidine groups is 1. The van der Waals surface area contributed by atoms with Gasteiger partial charge in [-0.05, 0) is 38.5 Å². The molecule has 7 heteroatoms. The first kappa shape index (κ1) is 20.1.